The Morgan fingerprint density at radius 1 is 1.54 bits per heavy atom. The summed E-state index contributed by atoms with van der Waals surface area (Å²) >= 11 is 0. The standard InChI is InChI=1S/C9H16BO2P/c1-6-7(2)9(12-13(3)10)5-4-8(6)11/h6-7,9H,4-5H2,1-3H3. The van der Waals surface area contributed by atoms with Gasteiger partial charge in [-0.1, -0.05) is 13.8 Å². The Bertz CT molecular complexity index is 196. The molecule has 1 fully saturated rings. The fourth-order valence-electron chi connectivity index (χ4n) is 1.75. The molecule has 0 saturated heterocycles. The minimum Gasteiger partial charge on any atom is -0.367 e. The summed E-state index contributed by atoms with van der Waals surface area (Å²) in [5.41, 5.74) is 0. The van der Waals surface area contributed by atoms with Gasteiger partial charge in [0.1, 0.15) is 13.3 Å². The van der Waals surface area contributed by atoms with E-state index in [0.717, 1.165) is 6.42 Å². The first-order chi connectivity index (χ1) is 6.02. The van der Waals surface area contributed by atoms with Crippen LogP contribution < -0.4 is 0 Å². The fraction of sp³-hybridized carbons (Fsp3) is 0.889. The summed E-state index contributed by atoms with van der Waals surface area (Å²) in [6.45, 7) is 5.95. The van der Waals surface area contributed by atoms with Gasteiger partial charge in [0.2, 0.25) is 0 Å². The van der Waals surface area contributed by atoms with Crippen molar-refractivity contribution in [2.75, 3.05) is 6.66 Å². The minimum atomic E-state index is -0.795. The molecule has 0 aromatic rings. The molecule has 0 aromatic carbocycles. The SMILES string of the molecule is [B]P(C)OC1CCC(=O)C(C)C1C. The van der Waals surface area contributed by atoms with E-state index in [4.69, 9.17) is 12.1 Å². The van der Waals surface area contributed by atoms with Crippen molar-refractivity contribution in [2.45, 2.75) is 32.8 Å². The van der Waals surface area contributed by atoms with Crippen LogP contribution in [0.2, 0.25) is 0 Å². The number of Topliss-reactive ketones (excluding diaryl/α,β-unsaturated/α-hetero) is 1. The Morgan fingerprint density at radius 2 is 2.15 bits per heavy atom. The first kappa shape index (κ1) is 11.2. The molecule has 1 saturated carbocycles. The first-order valence-corrected chi connectivity index (χ1v) is 6.48. The number of carbonyl (C=O) groups is 1. The molecule has 0 aliphatic heterocycles. The lowest BCUT2D eigenvalue weighted by atomic mass is 9.79. The second-order valence-electron chi connectivity index (χ2n) is 3.84. The molecule has 4 atom stereocenters. The van der Waals surface area contributed by atoms with Crippen molar-refractivity contribution in [3.8, 4) is 0 Å². The molecule has 0 spiro atoms. The van der Waals surface area contributed by atoms with Crippen molar-refractivity contribution in [2.24, 2.45) is 11.8 Å². The lowest BCUT2D eigenvalue weighted by molar-refractivity contribution is -0.128. The average molecular weight is 198 g/mol. The molecule has 2 nitrogen and oxygen atoms in total. The van der Waals surface area contributed by atoms with Gasteiger partial charge in [0.05, 0.1) is 6.10 Å². The predicted octanol–water partition coefficient (Wildman–Crippen LogP) is 2.12. The van der Waals surface area contributed by atoms with Crippen molar-refractivity contribution in [3.05, 3.63) is 0 Å². The molecule has 72 valence electrons. The molecule has 0 heterocycles. The number of ketones is 1. The van der Waals surface area contributed by atoms with Crippen molar-refractivity contribution < 1.29 is 9.32 Å². The van der Waals surface area contributed by atoms with E-state index in [-0.39, 0.29) is 12.0 Å². The number of hydrogen-bond acceptors (Lipinski definition) is 2. The lowest BCUT2D eigenvalue weighted by Gasteiger charge is -2.34. The van der Waals surface area contributed by atoms with Crippen LogP contribution in [0.3, 0.4) is 0 Å². The third kappa shape index (κ3) is 2.79. The highest BCUT2D eigenvalue weighted by Gasteiger charge is 2.33. The van der Waals surface area contributed by atoms with Gasteiger partial charge in [0, 0.05) is 12.3 Å². The second-order valence-corrected chi connectivity index (χ2v) is 5.15. The van der Waals surface area contributed by atoms with Crippen LogP contribution in [0.4, 0.5) is 0 Å². The van der Waals surface area contributed by atoms with Crippen LogP contribution in [0.25, 0.3) is 0 Å². The molecule has 4 heteroatoms. The van der Waals surface area contributed by atoms with Gasteiger partial charge in [-0.25, -0.2) is 0 Å². The highest BCUT2D eigenvalue weighted by Crippen LogP contribution is 2.37. The third-order valence-electron chi connectivity index (χ3n) is 2.86. The zero-order valence-electron chi connectivity index (χ0n) is 8.49. The van der Waals surface area contributed by atoms with E-state index >= 15 is 0 Å². The van der Waals surface area contributed by atoms with Crippen LogP contribution in [-0.4, -0.2) is 26.1 Å². The maximum Gasteiger partial charge on any atom is 0.148 e. The Kier molecular flexibility index (Phi) is 3.94. The molecular formula is C9H16BO2P. The lowest BCUT2D eigenvalue weighted by Crippen LogP contribution is -2.35. The summed E-state index contributed by atoms with van der Waals surface area (Å²) < 4.78 is 5.61. The zero-order valence-corrected chi connectivity index (χ0v) is 9.38. The summed E-state index contributed by atoms with van der Waals surface area (Å²) in [6, 6.07) is 0. The monoisotopic (exact) mass is 198 g/mol. The molecule has 0 N–H and O–H groups in total. The predicted molar refractivity (Wildman–Crippen MR) is 56.0 cm³/mol. The summed E-state index contributed by atoms with van der Waals surface area (Å²) in [5.74, 6) is 0.813. The van der Waals surface area contributed by atoms with Crippen LogP contribution in [0.1, 0.15) is 26.7 Å². The van der Waals surface area contributed by atoms with Crippen LogP contribution in [0.5, 0.6) is 0 Å². The highest BCUT2D eigenvalue weighted by atomic mass is 31.1. The molecule has 1 rings (SSSR count). The average Bonchev–Trinajstić information content (AvgIpc) is 2.06. The zero-order chi connectivity index (χ0) is 10.0. The smallest absolute Gasteiger partial charge is 0.148 e. The van der Waals surface area contributed by atoms with Crippen LogP contribution >= 0.6 is 8.03 Å². The molecule has 0 aromatic heterocycles. The fourth-order valence-corrected chi connectivity index (χ4v) is 2.48. The van der Waals surface area contributed by atoms with Crippen LogP contribution in [-0.2, 0) is 9.32 Å². The number of rotatable bonds is 2. The van der Waals surface area contributed by atoms with Gasteiger partial charge in [0.25, 0.3) is 0 Å². The highest BCUT2D eigenvalue weighted by molar-refractivity contribution is 7.77. The van der Waals surface area contributed by atoms with Gasteiger partial charge >= 0.3 is 0 Å². The van der Waals surface area contributed by atoms with Crippen molar-refractivity contribution >= 4 is 21.4 Å². The molecule has 2 radical (unpaired) electrons. The van der Waals surface area contributed by atoms with Gasteiger partial charge in [-0.15, -0.1) is 0 Å². The Morgan fingerprint density at radius 3 is 2.69 bits per heavy atom. The Balaban J connectivity index is 2.53. The van der Waals surface area contributed by atoms with Gasteiger partial charge in [-0.3, -0.25) is 4.79 Å². The Hall–Kier alpha value is 0.125. The number of carbonyl (C=O) groups excluding carboxylic acids is 1. The van der Waals surface area contributed by atoms with E-state index in [0.29, 0.717) is 18.1 Å². The molecule has 0 amide bonds. The molecule has 4 unspecified atom stereocenters. The van der Waals surface area contributed by atoms with E-state index in [1.165, 1.54) is 0 Å². The summed E-state index contributed by atoms with van der Waals surface area (Å²) in [6.07, 6.45) is 1.68. The van der Waals surface area contributed by atoms with E-state index in [2.05, 4.69) is 6.92 Å². The third-order valence-corrected chi connectivity index (χ3v) is 3.46. The van der Waals surface area contributed by atoms with Crippen LogP contribution in [0.15, 0.2) is 0 Å². The van der Waals surface area contributed by atoms with Crippen LogP contribution in [0, 0.1) is 11.8 Å². The van der Waals surface area contributed by atoms with Gasteiger partial charge in [-0.05, 0) is 27.0 Å². The van der Waals surface area contributed by atoms with Crippen molar-refractivity contribution in [1.82, 2.24) is 0 Å². The van der Waals surface area contributed by atoms with Crippen molar-refractivity contribution in [1.29, 1.82) is 0 Å². The molecule has 13 heavy (non-hydrogen) atoms. The second kappa shape index (κ2) is 4.57. The van der Waals surface area contributed by atoms with E-state index in [9.17, 15) is 4.79 Å². The van der Waals surface area contributed by atoms with Crippen molar-refractivity contribution in [3.63, 3.8) is 0 Å². The van der Waals surface area contributed by atoms with Gasteiger partial charge in [-0.2, -0.15) is 0 Å². The van der Waals surface area contributed by atoms with Gasteiger partial charge < -0.3 is 4.52 Å². The molecule has 0 bridgehead atoms. The van der Waals surface area contributed by atoms with E-state index in [1.54, 1.807) is 0 Å². The summed E-state index contributed by atoms with van der Waals surface area (Å²) in [7, 11) is 4.83. The first-order valence-electron chi connectivity index (χ1n) is 4.70. The minimum absolute atomic E-state index is 0.133. The van der Waals surface area contributed by atoms with E-state index in [1.807, 2.05) is 13.6 Å². The number of hydrogen-bond donors (Lipinski definition) is 0. The molecule has 1 aliphatic rings. The van der Waals surface area contributed by atoms with Gasteiger partial charge in [0.15, 0.2) is 0 Å². The largest absolute Gasteiger partial charge is 0.367 e. The maximum atomic E-state index is 11.4. The maximum absolute atomic E-state index is 11.4. The Labute approximate surface area is 82.6 Å². The van der Waals surface area contributed by atoms with E-state index < -0.39 is 8.03 Å². The summed E-state index contributed by atoms with van der Waals surface area (Å²) in [4.78, 5) is 11.4. The quantitative estimate of drug-likeness (QED) is 0.501. The molecular weight excluding hydrogens is 182 g/mol. The molecule has 1 aliphatic carbocycles. The summed E-state index contributed by atoms with van der Waals surface area (Å²) in [5, 5.41) is 0. The normalized spacial score (nSPS) is 37.5. The topological polar surface area (TPSA) is 26.3 Å².